The first-order chi connectivity index (χ1) is 10.1. The molecule has 0 spiro atoms. The fourth-order valence-electron chi connectivity index (χ4n) is 1.87. The molecule has 0 atom stereocenters. The lowest BCUT2D eigenvalue weighted by Crippen LogP contribution is -2.15. The van der Waals surface area contributed by atoms with Crippen molar-refractivity contribution in [2.24, 2.45) is 0 Å². The zero-order valence-electron chi connectivity index (χ0n) is 11.6. The third kappa shape index (κ3) is 4.43. The van der Waals surface area contributed by atoms with E-state index >= 15 is 0 Å². The van der Waals surface area contributed by atoms with E-state index in [1.807, 2.05) is 0 Å². The molecule has 1 N–H and O–H groups in total. The summed E-state index contributed by atoms with van der Waals surface area (Å²) in [5.74, 6) is 0.824. The van der Waals surface area contributed by atoms with Crippen LogP contribution < -0.4 is 10.1 Å². The molecule has 0 unspecified atom stereocenters. The van der Waals surface area contributed by atoms with Crippen molar-refractivity contribution in [2.45, 2.75) is 19.9 Å². The van der Waals surface area contributed by atoms with E-state index in [0.29, 0.717) is 28.6 Å². The topological polar surface area (TPSA) is 21.3 Å². The summed E-state index contributed by atoms with van der Waals surface area (Å²) in [7, 11) is 0. The quantitative estimate of drug-likeness (QED) is 0.673. The summed E-state index contributed by atoms with van der Waals surface area (Å²) in [6, 6.07) is 10.1. The molecule has 0 aliphatic carbocycles. The van der Waals surface area contributed by atoms with Crippen molar-refractivity contribution in [1.82, 2.24) is 5.32 Å². The highest BCUT2D eigenvalue weighted by atomic mass is 79.9. The second-order valence-corrected chi connectivity index (χ2v) is 5.86. The zero-order chi connectivity index (χ0) is 15.2. The van der Waals surface area contributed by atoms with Gasteiger partial charge in [0.2, 0.25) is 0 Å². The minimum Gasteiger partial charge on any atom is -0.456 e. The van der Waals surface area contributed by atoms with Gasteiger partial charge in [-0.15, -0.1) is 0 Å². The molecule has 112 valence electrons. The van der Waals surface area contributed by atoms with Gasteiger partial charge in [-0.25, -0.2) is 4.39 Å². The van der Waals surface area contributed by atoms with Gasteiger partial charge in [-0.1, -0.05) is 24.6 Å². The smallest absolute Gasteiger partial charge is 0.141 e. The molecule has 0 fully saturated rings. The van der Waals surface area contributed by atoms with Gasteiger partial charge in [-0.2, -0.15) is 0 Å². The molecular formula is C16H16BrClFNO. The van der Waals surface area contributed by atoms with Crippen LogP contribution >= 0.6 is 27.5 Å². The molecule has 0 saturated carbocycles. The number of rotatable bonds is 6. The highest BCUT2D eigenvalue weighted by Crippen LogP contribution is 2.34. The summed E-state index contributed by atoms with van der Waals surface area (Å²) < 4.78 is 20.5. The number of hydrogen-bond acceptors (Lipinski definition) is 2. The van der Waals surface area contributed by atoms with E-state index in [-0.39, 0.29) is 5.82 Å². The van der Waals surface area contributed by atoms with Crippen LogP contribution in [-0.2, 0) is 6.54 Å². The van der Waals surface area contributed by atoms with Crippen LogP contribution in [0.25, 0.3) is 0 Å². The normalized spacial score (nSPS) is 10.7. The molecule has 21 heavy (non-hydrogen) atoms. The SMILES string of the molecule is CCCNCc1c(F)cccc1Oc1ccc(Cl)cc1Br. The molecule has 5 heteroatoms. The summed E-state index contributed by atoms with van der Waals surface area (Å²) in [5.41, 5.74) is 0.521. The van der Waals surface area contributed by atoms with E-state index in [4.69, 9.17) is 16.3 Å². The first-order valence-corrected chi connectivity index (χ1v) is 7.90. The standard InChI is InChI=1S/C16H16BrClFNO/c1-2-8-20-10-12-14(19)4-3-5-15(12)21-16-7-6-11(18)9-13(16)17/h3-7,9,20H,2,8,10H2,1H3. The molecule has 2 aromatic rings. The Morgan fingerprint density at radius 3 is 2.76 bits per heavy atom. The van der Waals surface area contributed by atoms with Crippen molar-refractivity contribution in [3.63, 3.8) is 0 Å². The van der Waals surface area contributed by atoms with Crippen molar-refractivity contribution in [2.75, 3.05) is 6.54 Å². The summed E-state index contributed by atoms with van der Waals surface area (Å²) in [4.78, 5) is 0. The second kappa shape index (κ2) is 7.78. The maximum absolute atomic E-state index is 14.0. The minimum atomic E-state index is -0.277. The molecule has 2 aromatic carbocycles. The van der Waals surface area contributed by atoms with Gasteiger partial charge >= 0.3 is 0 Å². The van der Waals surface area contributed by atoms with E-state index in [0.717, 1.165) is 17.4 Å². The molecule has 0 bridgehead atoms. The van der Waals surface area contributed by atoms with E-state index < -0.39 is 0 Å². The lowest BCUT2D eigenvalue weighted by Gasteiger charge is -2.13. The molecule has 0 heterocycles. The van der Waals surface area contributed by atoms with E-state index in [2.05, 4.69) is 28.2 Å². The predicted molar refractivity (Wildman–Crippen MR) is 87.6 cm³/mol. The van der Waals surface area contributed by atoms with Gasteiger partial charge in [0, 0.05) is 17.1 Å². The first-order valence-electron chi connectivity index (χ1n) is 6.73. The Balaban J connectivity index is 2.24. The molecular weight excluding hydrogens is 357 g/mol. The number of nitrogens with one attached hydrogen (secondary N) is 1. The Hall–Kier alpha value is -1.10. The van der Waals surface area contributed by atoms with Crippen LogP contribution in [0.15, 0.2) is 40.9 Å². The Bertz CT molecular complexity index is 621. The molecule has 0 aliphatic rings. The van der Waals surface area contributed by atoms with E-state index in [1.54, 1.807) is 30.3 Å². The minimum absolute atomic E-state index is 0.277. The van der Waals surface area contributed by atoms with Gasteiger partial charge in [0.25, 0.3) is 0 Å². The Kier molecular flexibility index (Phi) is 6.03. The number of hydrogen-bond donors (Lipinski definition) is 1. The molecule has 0 saturated heterocycles. The number of halogens is 3. The van der Waals surface area contributed by atoms with Crippen molar-refractivity contribution in [3.05, 3.63) is 57.3 Å². The Morgan fingerprint density at radius 2 is 2.05 bits per heavy atom. The lowest BCUT2D eigenvalue weighted by molar-refractivity contribution is 0.459. The number of benzene rings is 2. The monoisotopic (exact) mass is 371 g/mol. The lowest BCUT2D eigenvalue weighted by atomic mass is 10.2. The predicted octanol–water partition coefficient (Wildman–Crippen LogP) is 5.53. The molecule has 0 aliphatic heterocycles. The summed E-state index contributed by atoms with van der Waals surface area (Å²) in [6.07, 6.45) is 0.993. The fraction of sp³-hybridized carbons (Fsp3) is 0.250. The maximum atomic E-state index is 14.0. The Morgan fingerprint density at radius 1 is 1.24 bits per heavy atom. The molecule has 2 rings (SSSR count). The van der Waals surface area contributed by atoms with Crippen LogP contribution in [0, 0.1) is 5.82 Å². The van der Waals surface area contributed by atoms with Crippen LogP contribution in [0.5, 0.6) is 11.5 Å². The van der Waals surface area contributed by atoms with Crippen molar-refractivity contribution in [3.8, 4) is 11.5 Å². The van der Waals surface area contributed by atoms with Gasteiger partial charge in [0.05, 0.1) is 4.47 Å². The van der Waals surface area contributed by atoms with Crippen LogP contribution in [0.2, 0.25) is 5.02 Å². The van der Waals surface area contributed by atoms with E-state index in [9.17, 15) is 4.39 Å². The van der Waals surface area contributed by atoms with Gasteiger partial charge in [-0.3, -0.25) is 0 Å². The van der Waals surface area contributed by atoms with Crippen molar-refractivity contribution < 1.29 is 9.13 Å². The van der Waals surface area contributed by atoms with Gasteiger partial charge in [0.1, 0.15) is 17.3 Å². The van der Waals surface area contributed by atoms with E-state index in [1.165, 1.54) is 6.07 Å². The van der Waals surface area contributed by atoms with Gasteiger partial charge < -0.3 is 10.1 Å². The Labute approximate surface area is 137 Å². The van der Waals surface area contributed by atoms with Gasteiger partial charge in [-0.05, 0) is 59.2 Å². The molecule has 0 radical (unpaired) electrons. The van der Waals surface area contributed by atoms with Gasteiger partial charge in [0.15, 0.2) is 0 Å². The average Bonchev–Trinajstić information content (AvgIpc) is 2.45. The average molecular weight is 373 g/mol. The summed E-state index contributed by atoms with van der Waals surface area (Å²) in [5, 5.41) is 3.80. The summed E-state index contributed by atoms with van der Waals surface area (Å²) in [6.45, 7) is 3.33. The summed E-state index contributed by atoms with van der Waals surface area (Å²) >= 11 is 9.30. The second-order valence-electron chi connectivity index (χ2n) is 4.57. The molecule has 0 amide bonds. The molecule has 2 nitrogen and oxygen atoms in total. The van der Waals surface area contributed by atoms with Crippen LogP contribution in [0.1, 0.15) is 18.9 Å². The highest BCUT2D eigenvalue weighted by Gasteiger charge is 2.11. The third-order valence-corrected chi connectivity index (χ3v) is 3.77. The molecule has 0 aromatic heterocycles. The van der Waals surface area contributed by atoms with Crippen LogP contribution in [-0.4, -0.2) is 6.54 Å². The largest absolute Gasteiger partial charge is 0.456 e. The zero-order valence-corrected chi connectivity index (χ0v) is 14.0. The number of ether oxygens (including phenoxy) is 1. The maximum Gasteiger partial charge on any atom is 0.141 e. The van der Waals surface area contributed by atoms with Crippen LogP contribution in [0.4, 0.5) is 4.39 Å². The van der Waals surface area contributed by atoms with Crippen LogP contribution in [0.3, 0.4) is 0 Å². The first kappa shape index (κ1) is 16.3. The third-order valence-electron chi connectivity index (χ3n) is 2.92. The highest BCUT2D eigenvalue weighted by molar-refractivity contribution is 9.10. The van der Waals surface area contributed by atoms with Crippen molar-refractivity contribution in [1.29, 1.82) is 0 Å². The van der Waals surface area contributed by atoms with Crippen molar-refractivity contribution >= 4 is 27.5 Å². The fourth-order valence-corrected chi connectivity index (χ4v) is 2.64.